The van der Waals surface area contributed by atoms with Crippen molar-refractivity contribution in [3.63, 3.8) is 0 Å². The zero-order valence-electron chi connectivity index (χ0n) is 15.8. The molecule has 0 bridgehead atoms. The quantitative estimate of drug-likeness (QED) is 0.611. The summed E-state index contributed by atoms with van der Waals surface area (Å²) in [5, 5.41) is 4.08. The molecule has 1 aromatic heterocycles. The van der Waals surface area contributed by atoms with Crippen molar-refractivity contribution in [3.05, 3.63) is 72.8 Å². The summed E-state index contributed by atoms with van der Waals surface area (Å²) in [6.07, 6.45) is 3.02. The minimum absolute atomic E-state index is 0.0604. The Morgan fingerprint density at radius 1 is 1.11 bits per heavy atom. The fraction of sp³-hybridized carbons (Fsp3) is 0.250. The van der Waals surface area contributed by atoms with Gasteiger partial charge in [0, 0.05) is 13.5 Å². The third-order valence-electron chi connectivity index (χ3n) is 4.72. The van der Waals surface area contributed by atoms with E-state index in [1.807, 2.05) is 31.2 Å². The molecule has 1 atom stereocenters. The standard InChI is InChI=1S/C20H22N4O3S/c1-16(17-8-10-18(11-9-17)24-15-21-14-22-24)23(2)20(25)12-13-28(26,27)19-6-4-3-5-7-19/h3-11,14-16H,12-13H2,1-2H3/t16-/m1/s1. The van der Waals surface area contributed by atoms with Crippen LogP contribution in [0.2, 0.25) is 0 Å². The Balaban J connectivity index is 1.62. The van der Waals surface area contributed by atoms with Gasteiger partial charge in [0.05, 0.1) is 22.4 Å². The first kappa shape index (κ1) is 19.8. The van der Waals surface area contributed by atoms with Gasteiger partial charge < -0.3 is 4.90 Å². The lowest BCUT2D eigenvalue weighted by Gasteiger charge is -2.25. The Bertz CT molecular complexity index is 1020. The highest BCUT2D eigenvalue weighted by molar-refractivity contribution is 7.91. The molecule has 1 heterocycles. The summed E-state index contributed by atoms with van der Waals surface area (Å²) >= 11 is 0. The van der Waals surface area contributed by atoms with E-state index in [1.165, 1.54) is 6.33 Å². The number of rotatable bonds is 7. The van der Waals surface area contributed by atoms with Crippen LogP contribution in [0.4, 0.5) is 0 Å². The third kappa shape index (κ3) is 4.45. The predicted octanol–water partition coefficient (Wildman–Crippen LogP) is 2.65. The number of carbonyl (C=O) groups is 1. The van der Waals surface area contributed by atoms with E-state index in [9.17, 15) is 13.2 Å². The van der Waals surface area contributed by atoms with E-state index >= 15 is 0 Å². The summed E-state index contributed by atoms with van der Waals surface area (Å²) in [5.41, 5.74) is 1.82. The van der Waals surface area contributed by atoms with Gasteiger partial charge in [-0.1, -0.05) is 30.3 Å². The van der Waals surface area contributed by atoms with E-state index in [-0.39, 0.29) is 29.0 Å². The van der Waals surface area contributed by atoms with Crippen molar-refractivity contribution in [3.8, 4) is 5.69 Å². The maximum absolute atomic E-state index is 12.5. The molecule has 146 valence electrons. The summed E-state index contributed by atoms with van der Waals surface area (Å²) in [6.45, 7) is 1.91. The summed E-state index contributed by atoms with van der Waals surface area (Å²) in [6, 6.07) is 15.7. The molecule has 0 radical (unpaired) electrons. The van der Waals surface area contributed by atoms with Crippen LogP contribution < -0.4 is 0 Å². The van der Waals surface area contributed by atoms with Crippen LogP contribution in [0, 0.1) is 0 Å². The van der Waals surface area contributed by atoms with Crippen molar-refractivity contribution < 1.29 is 13.2 Å². The average molecular weight is 398 g/mol. The Kier molecular flexibility index (Phi) is 5.89. The van der Waals surface area contributed by atoms with Crippen LogP contribution in [0.25, 0.3) is 5.69 Å². The van der Waals surface area contributed by atoms with Crippen molar-refractivity contribution in [2.45, 2.75) is 24.3 Å². The predicted molar refractivity (Wildman–Crippen MR) is 106 cm³/mol. The second-order valence-corrected chi connectivity index (χ2v) is 8.60. The molecule has 28 heavy (non-hydrogen) atoms. The largest absolute Gasteiger partial charge is 0.339 e. The topological polar surface area (TPSA) is 85.2 Å². The van der Waals surface area contributed by atoms with Crippen molar-refractivity contribution >= 4 is 15.7 Å². The van der Waals surface area contributed by atoms with E-state index in [2.05, 4.69) is 10.1 Å². The van der Waals surface area contributed by atoms with E-state index < -0.39 is 9.84 Å². The monoisotopic (exact) mass is 398 g/mol. The molecular weight excluding hydrogens is 376 g/mol. The number of nitrogens with zero attached hydrogens (tertiary/aromatic N) is 4. The third-order valence-corrected chi connectivity index (χ3v) is 6.45. The van der Waals surface area contributed by atoms with Gasteiger partial charge in [-0.05, 0) is 36.8 Å². The molecule has 2 aromatic carbocycles. The minimum atomic E-state index is -3.47. The van der Waals surface area contributed by atoms with Gasteiger partial charge in [0.25, 0.3) is 0 Å². The Morgan fingerprint density at radius 3 is 2.39 bits per heavy atom. The number of benzene rings is 2. The first-order chi connectivity index (χ1) is 13.4. The molecule has 3 aromatic rings. The maximum Gasteiger partial charge on any atom is 0.223 e. The molecule has 7 nitrogen and oxygen atoms in total. The Labute approximate surface area is 164 Å². The van der Waals surface area contributed by atoms with Gasteiger partial charge in [-0.15, -0.1) is 0 Å². The first-order valence-corrected chi connectivity index (χ1v) is 10.5. The van der Waals surface area contributed by atoms with Crippen molar-refractivity contribution in [1.82, 2.24) is 19.7 Å². The lowest BCUT2D eigenvalue weighted by molar-refractivity contribution is -0.131. The van der Waals surface area contributed by atoms with E-state index in [0.717, 1.165) is 11.3 Å². The number of amides is 1. The number of hydrogen-bond donors (Lipinski definition) is 0. The minimum Gasteiger partial charge on any atom is -0.339 e. The molecule has 0 spiro atoms. The number of hydrogen-bond acceptors (Lipinski definition) is 5. The molecule has 3 rings (SSSR count). The zero-order chi connectivity index (χ0) is 20.1. The molecule has 0 saturated carbocycles. The highest BCUT2D eigenvalue weighted by atomic mass is 32.2. The number of aromatic nitrogens is 3. The maximum atomic E-state index is 12.5. The summed E-state index contributed by atoms with van der Waals surface area (Å²) < 4.78 is 26.4. The molecule has 0 aliphatic heterocycles. The van der Waals surface area contributed by atoms with Gasteiger partial charge >= 0.3 is 0 Å². The van der Waals surface area contributed by atoms with Gasteiger partial charge in [-0.25, -0.2) is 18.1 Å². The fourth-order valence-corrected chi connectivity index (χ4v) is 4.08. The smallest absolute Gasteiger partial charge is 0.223 e. The lowest BCUT2D eigenvalue weighted by atomic mass is 10.1. The van der Waals surface area contributed by atoms with Crippen LogP contribution in [-0.2, 0) is 14.6 Å². The molecule has 0 N–H and O–H groups in total. The molecule has 1 amide bonds. The Morgan fingerprint density at radius 2 is 1.79 bits per heavy atom. The molecule has 0 unspecified atom stereocenters. The van der Waals surface area contributed by atoms with Crippen molar-refractivity contribution in [1.29, 1.82) is 0 Å². The summed E-state index contributed by atoms with van der Waals surface area (Å²) in [4.78, 5) is 18.3. The molecule has 0 aliphatic rings. The molecular formula is C20H22N4O3S. The molecule has 0 aliphatic carbocycles. The first-order valence-electron chi connectivity index (χ1n) is 8.87. The van der Waals surface area contributed by atoms with Crippen LogP contribution in [0.1, 0.15) is 24.9 Å². The van der Waals surface area contributed by atoms with Gasteiger partial charge in [-0.2, -0.15) is 5.10 Å². The van der Waals surface area contributed by atoms with Gasteiger partial charge in [0.2, 0.25) is 5.91 Å². The second kappa shape index (κ2) is 8.35. The summed E-state index contributed by atoms with van der Waals surface area (Å²) in [5.74, 6) is -0.426. The fourth-order valence-electron chi connectivity index (χ4n) is 2.83. The van der Waals surface area contributed by atoms with Crippen molar-refractivity contribution in [2.24, 2.45) is 0 Å². The van der Waals surface area contributed by atoms with Crippen LogP contribution in [0.15, 0.2) is 72.1 Å². The normalized spacial score (nSPS) is 12.5. The van der Waals surface area contributed by atoms with Gasteiger partial charge in [0.15, 0.2) is 9.84 Å². The number of carbonyl (C=O) groups excluding carboxylic acids is 1. The van der Waals surface area contributed by atoms with Crippen LogP contribution in [0.3, 0.4) is 0 Å². The highest BCUT2D eigenvalue weighted by Crippen LogP contribution is 2.21. The van der Waals surface area contributed by atoms with E-state index in [1.54, 1.807) is 53.3 Å². The van der Waals surface area contributed by atoms with E-state index in [0.29, 0.717) is 0 Å². The van der Waals surface area contributed by atoms with Crippen LogP contribution >= 0.6 is 0 Å². The van der Waals surface area contributed by atoms with Crippen molar-refractivity contribution in [2.75, 3.05) is 12.8 Å². The lowest BCUT2D eigenvalue weighted by Crippen LogP contribution is -2.31. The second-order valence-electron chi connectivity index (χ2n) is 6.49. The van der Waals surface area contributed by atoms with Crippen LogP contribution in [0.5, 0.6) is 0 Å². The number of sulfone groups is 1. The van der Waals surface area contributed by atoms with Crippen LogP contribution in [-0.4, -0.2) is 46.8 Å². The molecule has 0 fully saturated rings. The SMILES string of the molecule is C[C@H](c1ccc(-n2cncn2)cc1)N(C)C(=O)CCS(=O)(=O)c1ccccc1. The van der Waals surface area contributed by atoms with Gasteiger partial charge in [-0.3, -0.25) is 4.79 Å². The molecule has 0 saturated heterocycles. The average Bonchev–Trinajstić information content (AvgIpc) is 3.26. The molecule has 8 heteroatoms. The summed E-state index contributed by atoms with van der Waals surface area (Å²) in [7, 11) is -1.79. The highest BCUT2D eigenvalue weighted by Gasteiger charge is 2.21. The van der Waals surface area contributed by atoms with Gasteiger partial charge in [0.1, 0.15) is 12.7 Å². The zero-order valence-corrected chi connectivity index (χ0v) is 16.6. The Hall–Kier alpha value is -3.00. The van der Waals surface area contributed by atoms with E-state index in [4.69, 9.17) is 0 Å².